The van der Waals surface area contributed by atoms with Gasteiger partial charge in [-0.1, -0.05) is 49.1 Å². The summed E-state index contributed by atoms with van der Waals surface area (Å²) in [6, 6.07) is 16.6. The van der Waals surface area contributed by atoms with Crippen molar-refractivity contribution in [3.8, 4) is 0 Å². The number of anilines is 1. The Morgan fingerprint density at radius 1 is 1.03 bits per heavy atom. The van der Waals surface area contributed by atoms with Crippen molar-refractivity contribution in [1.82, 2.24) is 5.32 Å². The molecule has 6 N–H and O–H groups in total. The van der Waals surface area contributed by atoms with Gasteiger partial charge in [-0.3, -0.25) is 4.79 Å². The van der Waals surface area contributed by atoms with Crippen molar-refractivity contribution in [2.75, 3.05) is 19.0 Å². The van der Waals surface area contributed by atoms with Gasteiger partial charge in [0.15, 0.2) is 0 Å². The summed E-state index contributed by atoms with van der Waals surface area (Å²) in [6.45, 7) is 3.88. The lowest BCUT2D eigenvalue weighted by Gasteiger charge is -2.10. The van der Waals surface area contributed by atoms with E-state index in [9.17, 15) is 4.79 Å². The highest BCUT2D eigenvalue weighted by atomic mass is 16.5. The van der Waals surface area contributed by atoms with Crippen LogP contribution >= 0.6 is 0 Å². The zero-order valence-electron chi connectivity index (χ0n) is 16.4. The number of rotatable bonds is 9. The van der Waals surface area contributed by atoms with Gasteiger partial charge in [-0.05, 0) is 42.0 Å². The second-order valence-corrected chi connectivity index (χ2v) is 6.07. The quantitative estimate of drug-likeness (QED) is 0.388. The molecule has 6 heteroatoms. The van der Waals surface area contributed by atoms with Crippen LogP contribution < -0.4 is 22.1 Å². The molecular formula is C23H26N4O2. The standard InChI is InChI=1S/C23H26N4O2/c1-3-8-20(29-2)16-26-23(28)18-11-7-12-19(15-18)27-22(25)14-13-21(24)17-9-5-4-6-10-17/h3-15,27H,1,16,24-25H2,2H3,(H,26,28)/b20-8-,21-13-,22-14+. The lowest BCUT2D eigenvalue weighted by Crippen LogP contribution is -2.26. The number of benzene rings is 2. The first-order valence-electron chi connectivity index (χ1n) is 9.02. The summed E-state index contributed by atoms with van der Waals surface area (Å²) in [7, 11) is 1.54. The lowest BCUT2D eigenvalue weighted by molar-refractivity contribution is 0.0950. The molecule has 0 saturated carbocycles. The van der Waals surface area contributed by atoms with Gasteiger partial charge >= 0.3 is 0 Å². The largest absolute Gasteiger partial charge is 0.499 e. The van der Waals surface area contributed by atoms with Crippen LogP contribution in [0, 0.1) is 0 Å². The SMILES string of the molecule is C=C/C=C(/CNC(=O)c1cccc(N/C(N)=C/C=C(\N)c2ccccc2)c1)OC. The van der Waals surface area contributed by atoms with E-state index in [1.165, 1.54) is 0 Å². The molecule has 0 atom stereocenters. The van der Waals surface area contributed by atoms with E-state index in [0.717, 1.165) is 5.56 Å². The number of carbonyl (C=O) groups excluding carboxylic acids is 1. The second-order valence-electron chi connectivity index (χ2n) is 6.07. The van der Waals surface area contributed by atoms with E-state index in [1.807, 2.05) is 36.4 Å². The van der Waals surface area contributed by atoms with E-state index in [2.05, 4.69) is 17.2 Å². The van der Waals surface area contributed by atoms with Crippen LogP contribution in [0.2, 0.25) is 0 Å². The molecule has 150 valence electrons. The number of methoxy groups -OCH3 is 1. The lowest BCUT2D eigenvalue weighted by atomic mass is 10.1. The molecule has 0 aliphatic heterocycles. The summed E-state index contributed by atoms with van der Waals surface area (Å²) in [5.74, 6) is 0.783. The number of nitrogens with two attached hydrogens (primary N) is 2. The Morgan fingerprint density at radius 2 is 1.76 bits per heavy atom. The summed E-state index contributed by atoms with van der Waals surface area (Å²) in [5, 5.41) is 5.84. The van der Waals surface area contributed by atoms with E-state index < -0.39 is 0 Å². The third kappa shape index (κ3) is 6.95. The summed E-state index contributed by atoms with van der Waals surface area (Å²) in [4.78, 5) is 12.4. The molecule has 0 fully saturated rings. The Kier molecular flexibility index (Phi) is 8.13. The molecule has 0 heterocycles. The number of hydrogen-bond donors (Lipinski definition) is 4. The average molecular weight is 390 g/mol. The van der Waals surface area contributed by atoms with Crippen molar-refractivity contribution in [1.29, 1.82) is 0 Å². The van der Waals surface area contributed by atoms with Gasteiger partial charge in [-0.2, -0.15) is 0 Å². The van der Waals surface area contributed by atoms with Gasteiger partial charge in [0, 0.05) is 16.9 Å². The summed E-state index contributed by atoms with van der Waals surface area (Å²) < 4.78 is 5.15. The van der Waals surface area contributed by atoms with Crippen LogP contribution in [0.3, 0.4) is 0 Å². The first-order chi connectivity index (χ1) is 14.0. The molecule has 0 radical (unpaired) electrons. The monoisotopic (exact) mass is 390 g/mol. The van der Waals surface area contributed by atoms with Gasteiger partial charge in [0.25, 0.3) is 5.91 Å². The third-order valence-corrected chi connectivity index (χ3v) is 3.95. The molecule has 0 unspecified atom stereocenters. The minimum atomic E-state index is -0.226. The molecule has 0 aromatic heterocycles. The predicted octanol–water partition coefficient (Wildman–Crippen LogP) is 3.34. The van der Waals surface area contributed by atoms with Crippen molar-refractivity contribution in [2.24, 2.45) is 11.5 Å². The Labute approximate surface area is 171 Å². The molecule has 2 aromatic rings. The van der Waals surface area contributed by atoms with Crippen LogP contribution in [0.15, 0.2) is 97.1 Å². The Bertz CT molecular complexity index is 931. The molecule has 0 spiro atoms. The molecule has 2 rings (SSSR count). The highest BCUT2D eigenvalue weighted by Crippen LogP contribution is 2.13. The number of ether oxygens (including phenoxy) is 1. The van der Waals surface area contributed by atoms with Crippen molar-refractivity contribution in [3.63, 3.8) is 0 Å². The number of carbonyl (C=O) groups is 1. The summed E-state index contributed by atoms with van der Waals surface area (Å²) >= 11 is 0. The fraction of sp³-hybridized carbons (Fsp3) is 0.0870. The first-order valence-corrected chi connectivity index (χ1v) is 9.02. The van der Waals surface area contributed by atoms with Crippen molar-refractivity contribution >= 4 is 17.3 Å². The van der Waals surface area contributed by atoms with E-state index in [4.69, 9.17) is 16.2 Å². The number of nitrogens with one attached hydrogen (secondary N) is 2. The number of amides is 1. The molecule has 0 aliphatic carbocycles. The van der Waals surface area contributed by atoms with Crippen molar-refractivity contribution in [3.05, 3.63) is 108 Å². The Hall–Kier alpha value is -3.93. The van der Waals surface area contributed by atoms with E-state index in [-0.39, 0.29) is 12.5 Å². The maximum atomic E-state index is 12.4. The predicted molar refractivity (Wildman–Crippen MR) is 119 cm³/mol. The minimum Gasteiger partial charge on any atom is -0.499 e. The van der Waals surface area contributed by atoms with E-state index >= 15 is 0 Å². The number of allylic oxidation sites excluding steroid dienone is 4. The van der Waals surface area contributed by atoms with Crippen LogP contribution in [-0.2, 0) is 4.74 Å². The van der Waals surface area contributed by atoms with Gasteiger partial charge in [-0.15, -0.1) is 0 Å². The molecule has 2 aromatic carbocycles. The Balaban J connectivity index is 2.02. The van der Waals surface area contributed by atoms with Crippen LogP contribution in [0.4, 0.5) is 5.69 Å². The maximum absolute atomic E-state index is 12.4. The van der Waals surface area contributed by atoms with Crippen LogP contribution in [0.1, 0.15) is 15.9 Å². The molecule has 0 saturated heterocycles. The highest BCUT2D eigenvalue weighted by molar-refractivity contribution is 5.95. The van der Waals surface area contributed by atoms with Crippen LogP contribution in [0.5, 0.6) is 0 Å². The zero-order valence-corrected chi connectivity index (χ0v) is 16.4. The molecule has 0 bridgehead atoms. The van der Waals surface area contributed by atoms with Gasteiger partial charge in [-0.25, -0.2) is 0 Å². The minimum absolute atomic E-state index is 0.226. The van der Waals surface area contributed by atoms with Gasteiger partial charge in [0.2, 0.25) is 0 Å². The topological polar surface area (TPSA) is 102 Å². The first kappa shape index (κ1) is 21.4. The van der Waals surface area contributed by atoms with Crippen LogP contribution in [0.25, 0.3) is 5.70 Å². The van der Waals surface area contributed by atoms with Gasteiger partial charge in [0.05, 0.1) is 13.7 Å². The molecular weight excluding hydrogens is 364 g/mol. The zero-order chi connectivity index (χ0) is 21.1. The normalized spacial score (nSPS) is 12.2. The van der Waals surface area contributed by atoms with Crippen molar-refractivity contribution < 1.29 is 9.53 Å². The molecule has 1 amide bonds. The van der Waals surface area contributed by atoms with Crippen molar-refractivity contribution in [2.45, 2.75) is 0 Å². The average Bonchev–Trinajstić information content (AvgIpc) is 2.75. The maximum Gasteiger partial charge on any atom is 0.251 e. The summed E-state index contributed by atoms with van der Waals surface area (Å²) in [5.41, 5.74) is 14.8. The third-order valence-electron chi connectivity index (χ3n) is 3.95. The Morgan fingerprint density at radius 3 is 2.45 bits per heavy atom. The van der Waals surface area contributed by atoms with Gasteiger partial charge < -0.3 is 26.8 Å². The molecule has 29 heavy (non-hydrogen) atoms. The van der Waals surface area contributed by atoms with E-state index in [0.29, 0.717) is 28.5 Å². The smallest absolute Gasteiger partial charge is 0.251 e. The number of hydrogen-bond acceptors (Lipinski definition) is 5. The molecule has 6 nitrogen and oxygen atoms in total. The fourth-order valence-corrected chi connectivity index (χ4v) is 2.45. The van der Waals surface area contributed by atoms with E-state index in [1.54, 1.807) is 49.6 Å². The van der Waals surface area contributed by atoms with Crippen LogP contribution in [-0.4, -0.2) is 19.6 Å². The van der Waals surface area contributed by atoms with Gasteiger partial charge in [0.1, 0.15) is 11.6 Å². The fourth-order valence-electron chi connectivity index (χ4n) is 2.45. The highest BCUT2D eigenvalue weighted by Gasteiger charge is 2.07. The molecule has 0 aliphatic rings. The second kappa shape index (κ2) is 11.0. The summed E-state index contributed by atoms with van der Waals surface area (Å²) in [6.07, 6.45) is 6.70.